The van der Waals surface area contributed by atoms with Gasteiger partial charge in [-0.1, -0.05) is 0 Å². The van der Waals surface area contributed by atoms with Gasteiger partial charge >= 0.3 is 0 Å². The standard InChI is InChI=1S/C11H19N3O3/c1-3-16-6-4-5-13-11(15)9-8-17-10(14-9)7-12-2/h8,12H,3-7H2,1-2H3,(H,13,15). The molecule has 0 radical (unpaired) electrons. The Hall–Kier alpha value is -1.40. The number of nitrogens with one attached hydrogen (secondary N) is 2. The molecule has 0 saturated carbocycles. The number of rotatable bonds is 8. The fraction of sp³-hybridized carbons (Fsp3) is 0.636. The average molecular weight is 241 g/mol. The Labute approximate surface area is 101 Å². The normalized spacial score (nSPS) is 10.5. The van der Waals surface area contributed by atoms with Crippen LogP contribution in [0.2, 0.25) is 0 Å². The van der Waals surface area contributed by atoms with Crippen LogP contribution in [0.1, 0.15) is 29.7 Å². The van der Waals surface area contributed by atoms with Crippen molar-refractivity contribution < 1.29 is 13.9 Å². The summed E-state index contributed by atoms with van der Waals surface area (Å²) >= 11 is 0. The van der Waals surface area contributed by atoms with Crippen molar-refractivity contribution in [1.29, 1.82) is 0 Å². The van der Waals surface area contributed by atoms with Crippen molar-refractivity contribution in [2.45, 2.75) is 19.9 Å². The minimum Gasteiger partial charge on any atom is -0.447 e. The molecule has 1 aromatic rings. The summed E-state index contributed by atoms with van der Waals surface area (Å²) in [5.41, 5.74) is 0.312. The zero-order valence-electron chi connectivity index (χ0n) is 10.3. The van der Waals surface area contributed by atoms with Gasteiger partial charge in [-0.2, -0.15) is 0 Å². The van der Waals surface area contributed by atoms with E-state index >= 15 is 0 Å². The highest BCUT2D eigenvalue weighted by Crippen LogP contribution is 2.01. The van der Waals surface area contributed by atoms with Crippen LogP contribution in [0.25, 0.3) is 0 Å². The van der Waals surface area contributed by atoms with E-state index in [2.05, 4.69) is 15.6 Å². The summed E-state index contributed by atoms with van der Waals surface area (Å²) < 4.78 is 10.3. The first kappa shape index (κ1) is 13.7. The van der Waals surface area contributed by atoms with E-state index in [1.54, 1.807) is 7.05 Å². The van der Waals surface area contributed by atoms with Crippen molar-refractivity contribution in [2.24, 2.45) is 0 Å². The molecule has 17 heavy (non-hydrogen) atoms. The molecular formula is C11H19N3O3. The van der Waals surface area contributed by atoms with Gasteiger partial charge in [0.1, 0.15) is 6.26 Å². The first-order chi connectivity index (χ1) is 8.27. The molecule has 0 unspecified atom stereocenters. The molecule has 1 aromatic heterocycles. The number of nitrogens with zero attached hydrogens (tertiary/aromatic N) is 1. The molecular weight excluding hydrogens is 222 g/mol. The first-order valence-electron chi connectivity index (χ1n) is 5.72. The second-order valence-electron chi connectivity index (χ2n) is 3.46. The molecule has 0 aliphatic rings. The molecule has 96 valence electrons. The lowest BCUT2D eigenvalue weighted by molar-refractivity contribution is 0.0939. The number of hydrogen-bond donors (Lipinski definition) is 2. The summed E-state index contributed by atoms with van der Waals surface area (Å²) in [5, 5.41) is 5.65. The molecule has 0 spiro atoms. The molecule has 1 amide bonds. The lowest BCUT2D eigenvalue weighted by atomic mass is 10.4. The van der Waals surface area contributed by atoms with E-state index in [1.807, 2.05) is 6.92 Å². The summed E-state index contributed by atoms with van der Waals surface area (Å²) in [4.78, 5) is 15.6. The number of carbonyl (C=O) groups is 1. The minimum absolute atomic E-state index is 0.215. The first-order valence-corrected chi connectivity index (χ1v) is 5.72. The zero-order chi connectivity index (χ0) is 12.5. The predicted molar refractivity (Wildman–Crippen MR) is 62.7 cm³/mol. The Morgan fingerprint density at radius 2 is 2.41 bits per heavy atom. The topological polar surface area (TPSA) is 76.4 Å². The van der Waals surface area contributed by atoms with Gasteiger partial charge in [0, 0.05) is 19.8 Å². The maximum absolute atomic E-state index is 11.6. The van der Waals surface area contributed by atoms with Gasteiger partial charge in [-0.25, -0.2) is 4.98 Å². The van der Waals surface area contributed by atoms with Crippen molar-refractivity contribution in [3.8, 4) is 0 Å². The van der Waals surface area contributed by atoms with Gasteiger partial charge < -0.3 is 19.8 Å². The van der Waals surface area contributed by atoms with Gasteiger partial charge in [-0.3, -0.25) is 4.79 Å². The van der Waals surface area contributed by atoms with Crippen molar-refractivity contribution in [3.63, 3.8) is 0 Å². The Morgan fingerprint density at radius 3 is 3.12 bits per heavy atom. The molecule has 6 heteroatoms. The third-order valence-corrected chi connectivity index (χ3v) is 2.07. The zero-order valence-corrected chi connectivity index (χ0v) is 10.3. The lowest BCUT2D eigenvalue weighted by Crippen LogP contribution is -2.25. The Bertz CT molecular complexity index is 338. The van der Waals surface area contributed by atoms with Crippen LogP contribution in [0.4, 0.5) is 0 Å². The fourth-order valence-corrected chi connectivity index (χ4v) is 1.26. The Balaban J connectivity index is 2.26. The van der Waals surface area contributed by atoms with Crippen LogP contribution in [0.5, 0.6) is 0 Å². The third-order valence-electron chi connectivity index (χ3n) is 2.07. The van der Waals surface area contributed by atoms with Gasteiger partial charge in [-0.15, -0.1) is 0 Å². The molecule has 0 atom stereocenters. The molecule has 0 aliphatic carbocycles. The summed E-state index contributed by atoms with van der Waals surface area (Å²) in [7, 11) is 1.79. The van der Waals surface area contributed by atoms with Gasteiger partial charge in [0.05, 0.1) is 6.54 Å². The minimum atomic E-state index is -0.215. The van der Waals surface area contributed by atoms with E-state index in [9.17, 15) is 4.79 Å². The predicted octanol–water partition coefficient (Wildman–Crippen LogP) is 0.550. The second kappa shape index (κ2) is 7.81. The van der Waals surface area contributed by atoms with E-state index in [-0.39, 0.29) is 5.91 Å². The van der Waals surface area contributed by atoms with Crippen molar-refractivity contribution in [1.82, 2.24) is 15.6 Å². The molecule has 1 heterocycles. The largest absolute Gasteiger partial charge is 0.447 e. The van der Waals surface area contributed by atoms with Crippen LogP contribution in [0.15, 0.2) is 10.7 Å². The second-order valence-corrected chi connectivity index (χ2v) is 3.46. The van der Waals surface area contributed by atoms with Crippen LogP contribution in [0, 0.1) is 0 Å². The molecule has 1 rings (SSSR count). The third kappa shape index (κ3) is 4.97. The van der Waals surface area contributed by atoms with Crippen LogP contribution in [0.3, 0.4) is 0 Å². The highest BCUT2D eigenvalue weighted by Gasteiger charge is 2.10. The molecule has 0 fully saturated rings. The maximum atomic E-state index is 11.6. The molecule has 2 N–H and O–H groups in total. The smallest absolute Gasteiger partial charge is 0.273 e. The number of oxazole rings is 1. The Kier molecular flexibility index (Phi) is 6.27. The highest BCUT2D eigenvalue weighted by atomic mass is 16.5. The van der Waals surface area contributed by atoms with Crippen LogP contribution in [-0.2, 0) is 11.3 Å². The number of aromatic nitrogens is 1. The highest BCUT2D eigenvalue weighted by molar-refractivity contribution is 5.91. The number of amides is 1. The number of ether oxygens (including phenoxy) is 1. The maximum Gasteiger partial charge on any atom is 0.273 e. The van der Waals surface area contributed by atoms with Gasteiger partial charge in [0.15, 0.2) is 5.69 Å². The van der Waals surface area contributed by atoms with Gasteiger partial charge in [-0.05, 0) is 20.4 Å². The van der Waals surface area contributed by atoms with Crippen molar-refractivity contribution >= 4 is 5.91 Å². The average Bonchev–Trinajstić information content (AvgIpc) is 2.78. The van der Waals surface area contributed by atoms with Crippen LogP contribution < -0.4 is 10.6 Å². The Morgan fingerprint density at radius 1 is 1.59 bits per heavy atom. The van der Waals surface area contributed by atoms with Crippen LogP contribution in [-0.4, -0.2) is 37.7 Å². The summed E-state index contributed by atoms with van der Waals surface area (Å²) in [6.07, 6.45) is 2.16. The van der Waals surface area contributed by atoms with E-state index in [0.717, 1.165) is 6.42 Å². The monoisotopic (exact) mass is 241 g/mol. The van der Waals surface area contributed by atoms with E-state index in [0.29, 0.717) is 37.9 Å². The quantitative estimate of drug-likeness (QED) is 0.650. The van der Waals surface area contributed by atoms with Crippen LogP contribution >= 0.6 is 0 Å². The van der Waals surface area contributed by atoms with E-state index in [4.69, 9.17) is 9.15 Å². The van der Waals surface area contributed by atoms with Gasteiger partial charge in [0.25, 0.3) is 5.91 Å². The molecule has 0 saturated heterocycles. The molecule has 6 nitrogen and oxygen atoms in total. The number of hydrogen-bond acceptors (Lipinski definition) is 5. The fourth-order valence-electron chi connectivity index (χ4n) is 1.26. The summed E-state index contributed by atoms with van der Waals surface area (Å²) in [6.45, 7) is 4.38. The van der Waals surface area contributed by atoms with Crippen molar-refractivity contribution in [2.75, 3.05) is 26.8 Å². The SMILES string of the molecule is CCOCCCNC(=O)c1coc(CNC)n1. The van der Waals surface area contributed by atoms with Crippen molar-refractivity contribution in [3.05, 3.63) is 17.8 Å². The molecule has 0 aromatic carbocycles. The summed E-state index contributed by atoms with van der Waals surface area (Å²) in [6, 6.07) is 0. The van der Waals surface area contributed by atoms with E-state index in [1.165, 1.54) is 6.26 Å². The lowest BCUT2D eigenvalue weighted by Gasteiger charge is -2.02. The molecule has 0 aliphatic heterocycles. The van der Waals surface area contributed by atoms with E-state index < -0.39 is 0 Å². The summed E-state index contributed by atoms with van der Waals surface area (Å²) in [5.74, 6) is 0.291. The molecule has 0 bridgehead atoms. The van der Waals surface area contributed by atoms with Gasteiger partial charge in [0.2, 0.25) is 5.89 Å². The number of carbonyl (C=O) groups excluding carboxylic acids is 1.